The van der Waals surface area contributed by atoms with Gasteiger partial charge in [-0.1, -0.05) is 0 Å². The molecule has 2 fully saturated rings. The molecule has 4 rings (SSSR count). The van der Waals surface area contributed by atoms with Gasteiger partial charge in [-0.3, -0.25) is 14.3 Å². The molecule has 0 bridgehead atoms. The second-order valence-electron chi connectivity index (χ2n) is 5.93. The van der Waals surface area contributed by atoms with Crippen molar-refractivity contribution in [2.24, 2.45) is 0 Å². The summed E-state index contributed by atoms with van der Waals surface area (Å²) >= 11 is 0. The summed E-state index contributed by atoms with van der Waals surface area (Å²) < 4.78 is 7.43. The smallest absolute Gasteiger partial charge is 0.291 e. The van der Waals surface area contributed by atoms with Crippen molar-refractivity contribution in [2.75, 3.05) is 13.1 Å². The van der Waals surface area contributed by atoms with E-state index >= 15 is 0 Å². The number of amides is 2. The van der Waals surface area contributed by atoms with Crippen LogP contribution in [0.25, 0.3) is 0 Å². The maximum atomic E-state index is 12.7. The first-order valence-corrected chi connectivity index (χ1v) is 7.89. The topological polar surface area (TPSA) is 71.6 Å². The molecule has 4 heterocycles. The van der Waals surface area contributed by atoms with Gasteiger partial charge in [0, 0.05) is 31.9 Å². The molecule has 0 spiro atoms. The lowest BCUT2D eigenvalue weighted by atomic mass is 10.2. The average molecular weight is 314 g/mol. The summed E-state index contributed by atoms with van der Waals surface area (Å²) in [6, 6.07) is 5.35. The Labute approximate surface area is 133 Å². The monoisotopic (exact) mass is 314 g/mol. The van der Waals surface area contributed by atoms with E-state index in [1.165, 1.54) is 0 Å². The molecule has 7 heteroatoms. The van der Waals surface area contributed by atoms with E-state index in [1.54, 1.807) is 27.9 Å². The number of fused-ring (bicyclic) bond motifs is 1. The molecule has 0 aliphatic carbocycles. The lowest BCUT2D eigenvalue weighted by Gasteiger charge is -2.39. The zero-order valence-corrected chi connectivity index (χ0v) is 12.7. The summed E-state index contributed by atoms with van der Waals surface area (Å²) in [5.41, 5.74) is 0. The fourth-order valence-corrected chi connectivity index (χ4v) is 3.38. The van der Waals surface area contributed by atoms with Gasteiger partial charge < -0.3 is 14.2 Å². The number of aromatic nitrogens is 2. The van der Waals surface area contributed by atoms with Crippen LogP contribution < -0.4 is 0 Å². The third-order valence-electron chi connectivity index (χ3n) is 4.48. The van der Waals surface area contributed by atoms with Crippen molar-refractivity contribution < 1.29 is 14.0 Å². The normalized spacial score (nSPS) is 20.9. The molecule has 0 N–H and O–H groups in total. The van der Waals surface area contributed by atoms with Crippen molar-refractivity contribution in [2.45, 2.75) is 32.0 Å². The molecule has 0 aromatic carbocycles. The Bertz CT molecular complexity index is 722. The van der Waals surface area contributed by atoms with Crippen LogP contribution in [0.3, 0.4) is 0 Å². The second-order valence-corrected chi connectivity index (χ2v) is 5.93. The molecule has 2 amide bonds. The van der Waals surface area contributed by atoms with Crippen LogP contribution in [0.4, 0.5) is 0 Å². The van der Waals surface area contributed by atoms with Crippen molar-refractivity contribution in [3.63, 3.8) is 0 Å². The standard InChI is InChI=1S/C16H18N4O3/c21-15-6-10-20(14-3-1-9-19(14)15)16(22)13-5-4-12(23-13)11-18-8-2-7-17-18/h2,4-5,7-8,14H,1,3,6,9-11H2. The summed E-state index contributed by atoms with van der Waals surface area (Å²) in [4.78, 5) is 28.2. The largest absolute Gasteiger partial charge is 0.454 e. The molecule has 2 aliphatic rings. The second kappa shape index (κ2) is 5.57. The lowest BCUT2D eigenvalue weighted by molar-refractivity contribution is -0.139. The zero-order chi connectivity index (χ0) is 15.8. The van der Waals surface area contributed by atoms with Gasteiger partial charge in [0.05, 0.1) is 6.54 Å². The Kier molecular flexibility index (Phi) is 3.40. The molecule has 2 aliphatic heterocycles. The molecule has 7 nitrogen and oxygen atoms in total. The number of carbonyl (C=O) groups excluding carboxylic acids is 2. The molecular weight excluding hydrogens is 296 g/mol. The first kappa shape index (κ1) is 14.0. The lowest BCUT2D eigenvalue weighted by Crippen LogP contribution is -2.55. The summed E-state index contributed by atoms with van der Waals surface area (Å²) in [6.07, 6.45) is 5.62. The highest BCUT2D eigenvalue weighted by Gasteiger charge is 2.40. The van der Waals surface area contributed by atoms with Gasteiger partial charge in [0.25, 0.3) is 5.91 Å². The summed E-state index contributed by atoms with van der Waals surface area (Å²) in [6.45, 7) is 1.71. The fraction of sp³-hybridized carbons (Fsp3) is 0.438. The predicted molar refractivity (Wildman–Crippen MR) is 80.4 cm³/mol. The maximum absolute atomic E-state index is 12.7. The molecule has 0 saturated carbocycles. The Hall–Kier alpha value is -2.57. The van der Waals surface area contributed by atoms with Crippen molar-refractivity contribution in [3.8, 4) is 0 Å². The first-order valence-electron chi connectivity index (χ1n) is 7.89. The van der Waals surface area contributed by atoms with Gasteiger partial charge in [0.2, 0.25) is 5.91 Å². The zero-order valence-electron chi connectivity index (χ0n) is 12.7. The highest BCUT2D eigenvalue weighted by atomic mass is 16.4. The number of rotatable bonds is 3. The number of carbonyl (C=O) groups is 2. The van der Waals surface area contributed by atoms with Gasteiger partial charge in [-0.15, -0.1) is 0 Å². The minimum atomic E-state index is -0.138. The van der Waals surface area contributed by atoms with Crippen LogP contribution in [-0.4, -0.2) is 50.6 Å². The quantitative estimate of drug-likeness (QED) is 0.856. The molecule has 2 aromatic heterocycles. The van der Waals surface area contributed by atoms with Gasteiger partial charge >= 0.3 is 0 Å². The number of hydrogen-bond acceptors (Lipinski definition) is 4. The first-order chi connectivity index (χ1) is 11.2. The van der Waals surface area contributed by atoms with Crippen LogP contribution in [-0.2, 0) is 11.3 Å². The van der Waals surface area contributed by atoms with Gasteiger partial charge in [-0.25, -0.2) is 0 Å². The van der Waals surface area contributed by atoms with E-state index in [4.69, 9.17) is 4.42 Å². The van der Waals surface area contributed by atoms with Gasteiger partial charge in [0.15, 0.2) is 5.76 Å². The molecule has 0 radical (unpaired) electrons. The van der Waals surface area contributed by atoms with E-state index in [9.17, 15) is 9.59 Å². The predicted octanol–water partition coefficient (Wildman–Crippen LogP) is 1.32. The number of hydrogen-bond donors (Lipinski definition) is 0. The Morgan fingerprint density at radius 2 is 2.26 bits per heavy atom. The van der Waals surface area contributed by atoms with Crippen LogP contribution >= 0.6 is 0 Å². The molecule has 2 aromatic rings. The van der Waals surface area contributed by atoms with E-state index in [2.05, 4.69) is 5.10 Å². The van der Waals surface area contributed by atoms with Crippen LogP contribution in [0.1, 0.15) is 35.6 Å². The number of nitrogens with zero attached hydrogens (tertiary/aromatic N) is 4. The Balaban J connectivity index is 1.50. The SMILES string of the molecule is O=C1CCN(C(=O)c2ccc(Cn3cccn3)o2)C2CCCN12. The third-order valence-corrected chi connectivity index (χ3v) is 4.48. The van der Waals surface area contributed by atoms with Gasteiger partial charge in [-0.05, 0) is 31.0 Å². The Morgan fingerprint density at radius 3 is 3.09 bits per heavy atom. The highest BCUT2D eigenvalue weighted by Crippen LogP contribution is 2.27. The molecule has 1 atom stereocenters. The van der Waals surface area contributed by atoms with Crippen LogP contribution in [0, 0.1) is 0 Å². The number of furan rings is 1. The summed E-state index contributed by atoms with van der Waals surface area (Å²) in [5, 5.41) is 4.12. The highest BCUT2D eigenvalue weighted by molar-refractivity contribution is 5.93. The van der Waals surface area contributed by atoms with Gasteiger partial charge in [0.1, 0.15) is 11.9 Å². The summed E-state index contributed by atoms with van der Waals surface area (Å²) in [5.74, 6) is 1.03. The average Bonchev–Trinajstić information content (AvgIpc) is 3.29. The van der Waals surface area contributed by atoms with E-state index < -0.39 is 0 Å². The summed E-state index contributed by atoms with van der Waals surface area (Å²) in [7, 11) is 0. The van der Waals surface area contributed by atoms with Crippen LogP contribution in [0.15, 0.2) is 35.0 Å². The molecule has 2 saturated heterocycles. The molecular formula is C16H18N4O3. The van der Waals surface area contributed by atoms with E-state index in [0.717, 1.165) is 19.4 Å². The van der Waals surface area contributed by atoms with Crippen molar-refractivity contribution in [1.82, 2.24) is 19.6 Å². The van der Waals surface area contributed by atoms with E-state index in [-0.39, 0.29) is 18.0 Å². The fourth-order valence-electron chi connectivity index (χ4n) is 3.38. The molecule has 1 unspecified atom stereocenters. The van der Waals surface area contributed by atoms with Crippen molar-refractivity contribution in [1.29, 1.82) is 0 Å². The third kappa shape index (κ3) is 2.52. The van der Waals surface area contributed by atoms with E-state index in [0.29, 0.717) is 31.0 Å². The minimum Gasteiger partial charge on any atom is -0.454 e. The molecule has 120 valence electrons. The maximum Gasteiger partial charge on any atom is 0.291 e. The van der Waals surface area contributed by atoms with Gasteiger partial charge in [-0.2, -0.15) is 5.10 Å². The van der Waals surface area contributed by atoms with Crippen LogP contribution in [0.5, 0.6) is 0 Å². The van der Waals surface area contributed by atoms with Crippen molar-refractivity contribution in [3.05, 3.63) is 42.1 Å². The van der Waals surface area contributed by atoms with E-state index in [1.807, 2.05) is 17.2 Å². The Morgan fingerprint density at radius 1 is 1.35 bits per heavy atom. The minimum absolute atomic E-state index is 0.108. The van der Waals surface area contributed by atoms with Crippen molar-refractivity contribution >= 4 is 11.8 Å². The molecule has 23 heavy (non-hydrogen) atoms. The van der Waals surface area contributed by atoms with Crippen LogP contribution in [0.2, 0.25) is 0 Å².